The molecular weight excluding hydrogens is 266 g/mol. The van der Waals surface area contributed by atoms with Crippen LogP contribution in [0.15, 0.2) is 0 Å². The zero-order chi connectivity index (χ0) is 15.3. The van der Waals surface area contributed by atoms with Crippen molar-refractivity contribution in [3.8, 4) is 0 Å². The molecule has 1 unspecified atom stereocenters. The number of aliphatic carboxylic acids is 1. The van der Waals surface area contributed by atoms with Gasteiger partial charge in [-0.2, -0.15) is 0 Å². The molecule has 0 spiro atoms. The van der Waals surface area contributed by atoms with Crippen molar-refractivity contribution in [1.82, 2.24) is 4.90 Å². The van der Waals surface area contributed by atoms with Gasteiger partial charge in [0, 0.05) is 6.54 Å². The van der Waals surface area contributed by atoms with E-state index >= 15 is 0 Å². The van der Waals surface area contributed by atoms with Gasteiger partial charge >= 0.3 is 5.97 Å². The zero-order valence-corrected chi connectivity index (χ0v) is 11.7. The molecule has 5 N–H and O–H groups in total. The minimum absolute atomic E-state index is 0.285. The van der Waals surface area contributed by atoms with E-state index in [0.717, 1.165) is 0 Å². The third-order valence-corrected chi connectivity index (χ3v) is 4.00. The third kappa shape index (κ3) is 4.68. The highest BCUT2D eigenvalue weighted by Crippen LogP contribution is 2.20. The topological polar surface area (TPSA) is 121 Å². The molecule has 4 atom stereocenters. The molecule has 7 heteroatoms. The van der Waals surface area contributed by atoms with Gasteiger partial charge in [0.2, 0.25) is 0 Å². The lowest BCUT2D eigenvalue weighted by Gasteiger charge is -2.34. The lowest BCUT2D eigenvalue weighted by atomic mass is 9.93. The summed E-state index contributed by atoms with van der Waals surface area (Å²) in [5, 5.41) is 46.5. The summed E-state index contributed by atoms with van der Waals surface area (Å²) >= 11 is 0. The molecule has 0 radical (unpaired) electrons. The first kappa shape index (κ1) is 17.3. The molecule has 1 aliphatic rings. The molecule has 0 aromatic heterocycles. The van der Waals surface area contributed by atoms with E-state index in [0.29, 0.717) is 32.5 Å². The Labute approximate surface area is 118 Å². The SMILES string of the molecule is CC(CN1CCC(C(=O)O)CC1)[C@@H](O)[C@H](O)[C@H](O)CO. The average molecular weight is 291 g/mol. The number of aliphatic hydroxyl groups is 4. The first-order valence-electron chi connectivity index (χ1n) is 6.97. The van der Waals surface area contributed by atoms with Crippen molar-refractivity contribution in [2.75, 3.05) is 26.2 Å². The van der Waals surface area contributed by atoms with Gasteiger partial charge in [0.15, 0.2) is 0 Å². The lowest BCUT2D eigenvalue weighted by Crippen LogP contribution is -2.47. The standard InChI is InChI=1S/C13H25NO6/c1-8(11(17)12(18)10(16)7-15)6-14-4-2-9(3-5-14)13(19)20/h8-12,15-18H,2-7H2,1H3,(H,19,20)/t8?,10-,11-,12-/m1/s1. The van der Waals surface area contributed by atoms with E-state index in [9.17, 15) is 20.1 Å². The van der Waals surface area contributed by atoms with Crippen molar-refractivity contribution < 1.29 is 30.3 Å². The molecule has 1 heterocycles. The molecule has 0 aromatic rings. The van der Waals surface area contributed by atoms with E-state index in [4.69, 9.17) is 10.2 Å². The monoisotopic (exact) mass is 291 g/mol. The maximum atomic E-state index is 10.8. The predicted octanol–water partition coefficient (Wildman–Crippen LogP) is -1.51. The van der Waals surface area contributed by atoms with Crippen LogP contribution in [0.4, 0.5) is 0 Å². The fourth-order valence-corrected chi connectivity index (χ4v) is 2.55. The largest absolute Gasteiger partial charge is 0.481 e. The van der Waals surface area contributed by atoms with E-state index in [2.05, 4.69) is 0 Å². The molecule has 1 rings (SSSR count). The Hall–Kier alpha value is -0.730. The van der Waals surface area contributed by atoms with Gasteiger partial charge in [-0.25, -0.2) is 0 Å². The summed E-state index contributed by atoms with van der Waals surface area (Å²) in [6, 6.07) is 0. The Kier molecular flexibility index (Phi) is 6.84. The van der Waals surface area contributed by atoms with Crippen LogP contribution < -0.4 is 0 Å². The summed E-state index contributed by atoms with van der Waals surface area (Å²) in [6.45, 7) is 2.96. The van der Waals surface area contributed by atoms with Crippen LogP contribution >= 0.6 is 0 Å². The van der Waals surface area contributed by atoms with Gasteiger partial charge in [-0.05, 0) is 31.8 Å². The van der Waals surface area contributed by atoms with Gasteiger partial charge in [-0.15, -0.1) is 0 Å². The summed E-state index contributed by atoms with van der Waals surface area (Å²) in [6.07, 6.45) is -2.70. The molecule has 0 saturated carbocycles. The van der Waals surface area contributed by atoms with Crippen LogP contribution in [0.2, 0.25) is 0 Å². The fourth-order valence-electron chi connectivity index (χ4n) is 2.55. The van der Waals surface area contributed by atoms with Gasteiger partial charge in [0.05, 0.1) is 18.6 Å². The molecule has 0 bridgehead atoms. The highest BCUT2D eigenvalue weighted by Gasteiger charge is 2.31. The van der Waals surface area contributed by atoms with Crippen molar-refractivity contribution in [2.24, 2.45) is 11.8 Å². The molecule has 0 aromatic carbocycles. The summed E-state index contributed by atoms with van der Waals surface area (Å²) in [5.41, 5.74) is 0. The Morgan fingerprint density at radius 2 is 1.75 bits per heavy atom. The number of piperidine rings is 1. The number of likely N-dealkylation sites (tertiary alicyclic amines) is 1. The van der Waals surface area contributed by atoms with Crippen LogP contribution in [0.3, 0.4) is 0 Å². The molecule has 7 nitrogen and oxygen atoms in total. The van der Waals surface area contributed by atoms with Crippen LogP contribution in [-0.2, 0) is 4.79 Å². The maximum Gasteiger partial charge on any atom is 0.306 e. The van der Waals surface area contributed by atoms with Crippen molar-refractivity contribution in [3.63, 3.8) is 0 Å². The summed E-state index contributed by atoms with van der Waals surface area (Å²) in [7, 11) is 0. The van der Waals surface area contributed by atoms with Crippen LogP contribution in [0.25, 0.3) is 0 Å². The maximum absolute atomic E-state index is 10.8. The third-order valence-electron chi connectivity index (χ3n) is 4.00. The second-order valence-electron chi connectivity index (χ2n) is 5.62. The molecule has 1 saturated heterocycles. The number of carboxylic acids is 1. The molecule has 0 amide bonds. The number of aliphatic hydroxyl groups excluding tert-OH is 4. The number of nitrogens with zero attached hydrogens (tertiary/aromatic N) is 1. The molecule has 1 aliphatic heterocycles. The number of rotatable bonds is 7. The van der Waals surface area contributed by atoms with Crippen LogP contribution in [0.1, 0.15) is 19.8 Å². The Bertz CT molecular complexity index is 305. The molecule has 118 valence electrons. The van der Waals surface area contributed by atoms with Crippen LogP contribution in [0.5, 0.6) is 0 Å². The predicted molar refractivity (Wildman–Crippen MR) is 71.1 cm³/mol. The number of carboxylic acid groups (broad SMARTS) is 1. The molecule has 0 aliphatic carbocycles. The first-order valence-corrected chi connectivity index (χ1v) is 6.97. The molecule has 20 heavy (non-hydrogen) atoms. The average Bonchev–Trinajstić information content (AvgIpc) is 2.45. The van der Waals surface area contributed by atoms with E-state index in [1.165, 1.54) is 0 Å². The van der Waals surface area contributed by atoms with E-state index < -0.39 is 30.9 Å². The van der Waals surface area contributed by atoms with Gasteiger partial charge < -0.3 is 30.4 Å². The highest BCUT2D eigenvalue weighted by atomic mass is 16.4. The smallest absolute Gasteiger partial charge is 0.306 e. The zero-order valence-electron chi connectivity index (χ0n) is 11.7. The number of hydrogen-bond donors (Lipinski definition) is 5. The Balaban J connectivity index is 2.39. The summed E-state index contributed by atoms with van der Waals surface area (Å²) < 4.78 is 0. The first-order chi connectivity index (χ1) is 9.36. The lowest BCUT2D eigenvalue weighted by molar-refractivity contribution is -0.143. The minimum atomic E-state index is -1.38. The fraction of sp³-hybridized carbons (Fsp3) is 0.923. The molecule has 1 fully saturated rings. The van der Waals surface area contributed by atoms with Crippen LogP contribution in [-0.4, -0.2) is 81.0 Å². The minimum Gasteiger partial charge on any atom is -0.481 e. The summed E-state index contributed by atoms with van der Waals surface area (Å²) in [5.74, 6) is -1.35. The van der Waals surface area contributed by atoms with Crippen molar-refractivity contribution in [1.29, 1.82) is 0 Å². The van der Waals surface area contributed by atoms with Gasteiger partial charge in [0.25, 0.3) is 0 Å². The van der Waals surface area contributed by atoms with Gasteiger partial charge in [0.1, 0.15) is 12.2 Å². The molecular formula is C13H25NO6. The number of hydrogen-bond acceptors (Lipinski definition) is 6. The Morgan fingerprint density at radius 3 is 2.20 bits per heavy atom. The second-order valence-corrected chi connectivity index (χ2v) is 5.62. The van der Waals surface area contributed by atoms with Crippen molar-refractivity contribution in [2.45, 2.75) is 38.1 Å². The highest BCUT2D eigenvalue weighted by molar-refractivity contribution is 5.70. The number of carbonyl (C=O) groups is 1. The van der Waals surface area contributed by atoms with Crippen LogP contribution in [0, 0.1) is 11.8 Å². The van der Waals surface area contributed by atoms with Gasteiger partial charge in [-0.1, -0.05) is 6.92 Å². The van der Waals surface area contributed by atoms with Crippen molar-refractivity contribution in [3.05, 3.63) is 0 Å². The quantitative estimate of drug-likeness (QED) is 0.387. The van der Waals surface area contributed by atoms with Crippen molar-refractivity contribution >= 4 is 5.97 Å². The van der Waals surface area contributed by atoms with E-state index in [-0.39, 0.29) is 11.8 Å². The summed E-state index contributed by atoms with van der Waals surface area (Å²) in [4.78, 5) is 12.9. The second kappa shape index (κ2) is 7.90. The van der Waals surface area contributed by atoms with Gasteiger partial charge in [-0.3, -0.25) is 4.79 Å². The normalized spacial score (nSPS) is 24.1. The van der Waals surface area contributed by atoms with E-state index in [1.807, 2.05) is 4.90 Å². The Morgan fingerprint density at radius 1 is 1.20 bits per heavy atom. The van der Waals surface area contributed by atoms with E-state index in [1.54, 1.807) is 6.92 Å².